The summed E-state index contributed by atoms with van der Waals surface area (Å²) in [5.74, 6) is 1.19. The lowest BCUT2D eigenvalue weighted by molar-refractivity contribution is 0.453. The summed E-state index contributed by atoms with van der Waals surface area (Å²) in [6.45, 7) is 3.89. The molecule has 108 valence electrons. The van der Waals surface area contributed by atoms with Gasteiger partial charge in [-0.1, -0.05) is 23.2 Å². The Morgan fingerprint density at radius 2 is 2.05 bits per heavy atom. The van der Waals surface area contributed by atoms with E-state index in [2.05, 4.69) is 9.97 Å². The van der Waals surface area contributed by atoms with Crippen molar-refractivity contribution in [1.29, 1.82) is 0 Å². The van der Waals surface area contributed by atoms with Gasteiger partial charge in [0.2, 0.25) is 5.89 Å². The van der Waals surface area contributed by atoms with E-state index in [1.54, 1.807) is 12.1 Å². The highest BCUT2D eigenvalue weighted by molar-refractivity contribution is 6.38. The van der Waals surface area contributed by atoms with Gasteiger partial charge in [0.15, 0.2) is 0 Å². The molecule has 5 nitrogen and oxygen atoms in total. The summed E-state index contributed by atoms with van der Waals surface area (Å²) in [7, 11) is 0. The second-order valence-electron chi connectivity index (χ2n) is 4.71. The second kappa shape index (κ2) is 5.16. The predicted molar refractivity (Wildman–Crippen MR) is 81.1 cm³/mol. The van der Waals surface area contributed by atoms with Crippen LogP contribution >= 0.6 is 23.2 Å². The van der Waals surface area contributed by atoms with E-state index in [1.807, 2.05) is 13.8 Å². The van der Waals surface area contributed by atoms with Crippen LogP contribution in [-0.2, 0) is 6.54 Å². The van der Waals surface area contributed by atoms with Crippen LogP contribution in [0.25, 0.3) is 10.9 Å². The van der Waals surface area contributed by atoms with Gasteiger partial charge in [-0.3, -0.25) is 9.36 Å². The average molecular weight is 324 g/mol. The number of fused-ring (bicyclic) bond motifs is 1. The Bertz CT molecular complexity index is 880. The molecule has 0 bridgehead atoms. The molecule has 0 radical (unpaired) electrons. The number of nitrogens with zero attached hydrogens (tertiary/aromatic N) is 3. The number of hydrogen-bond acceptors (Lipinski definition) is 4. The van der Waals surface area contributed by atoms with Gasteiger partial charge in [0.25, 0.3) is 5.56 Å². The third-order valence-corrected chi connectivity index (χ3v) is 3.73. The molecule has 0 aliphatic rings. The van der Waals surface area contributed by atoms with Crippen molar-refractivity contribution in [3.63, 3.8) is 0 Å². The van der Waals surface area contributed by atoms with Crippen molar-refractivity contribution in [2.24, 2.45) is 0 Å². The standard InChI is InChI=1S/C14H11Cl2N3O2/c1-7-8(2)21-12(18-7)5-19-6-17-13-10(14(19)20)3-9(15)4-11(13)16/h3-4,6H,5H2,1-2H3. The zero-order valence-electron chi connectivity index (χ0n) is 11.4. The predicted octanol–water partition coefficient (Wildman–Crippen LogP) is 3.36. The number of aryl methyl sites for hydroxylation is 2. The molecule has 7 heteroatoms. The molecule has 1 aromatic carbocycles. The molecular formula is C14H11Cl2N3O2. The molecule has 0 spiro atoms. The van der Waals surface area contributed by atoms with Gasteiger partial charge in [-0.2, -0.15) is 0 Å². The Morgan fingerprint density at radius 3 is 2.71 bits per heavy atom. The van der Waals surface area contributed by atoms with E-state index in [0.717, 1.165) is 11.5 Å². The zero-order valence-corrected chi connectivity index (χ0v) is 12.9. The molecule has 21 heavy (non-hydrogen) atoms. The Balaban J connectivity index is 2.12. The van der Waals surface area contributed by atoms with Gasteiger partial charge in [-0.05, 0) is 26.0 Å². The van der Waals surface area contributed by atoms with Gasteiger partial charge in [0, 0.05) is 5.02 Å². The van der Waals surface area contributed by atoms with Gasteiger partial charge in [-0.15, -0.1) is 0 Å². The fourth-order valence-electron chi connectivity index (χ4n) is 2.06. The van der Waals surface area contributed by atoms with Gasteiger partial charge in [0.1, 0.15) is 12.3 Å². The summed E-state index contributed by atoms with van der Waals surface area (Å²) in [4.78, 5) is 20.9. The third kappa shape index (κ3) is 2.54. The minimum absolute atomic E-state index is 0.209. The molecule has 0 unspecified atom stereocenters. The maximum atomic E-state index is 12.5. The van der Waals surface area contributed by atoms with Crippen LogP contribution in [0, 0.1) is 13.8 Å². The van der Waals surface area contributed by atoms with Crippen molar-refractivity contribution in [2.75, 3.05) is 0 Å². The van der Waals surface area contributed by atoms with E-state index in [0.29, 0.717) is 26.8 Å². The normalized spacial score (nSPS) is 11.2. The molecule has 0 aliphatic carbocycles. The molecule has 0 aliphatic heterocycles. The Morgan fingerprint density at radius 1 is 1.29 bits per heavy atom. The van der Waals surface area contributed by atoms with E-state index in [-0.39, 0.29) is 12.1 Å². The van der Waals surface area contributed by atoms with Crippen LogP contribution < -0.4 is 5.56 Å². The summed E-state index contributed by atoms with van der Waals surface area (Å²) in [5.41, 5.74) is 0.998. The summed E-state index contributed by atoms with van der Waals surface area (Å²) in [6.07, 6.45) is 1.43. The van der Waals surface area contributed by atoms with E-state index < -0.39 is 0 Å². The summed E-state index contributed by atoms with van der Waals surface area (Å²) < 4.78 is 6.90. The Hall–Kier alpha value is -1.85. The quantitative estimate of drug-likeness (QED) is 0.725. The topological polar surface area (TPSA) is 60.9 Å². The van der Waals surface area contributed by atoms with Crippen molar-refractivity contribution in [2.45, 2.75) is 20.4 Å². The lowest BCUT2D eigenvalue weighted by Gasteiger charge is -2.05. The maximum Gasteiger partial charge on any atom is 0.261 e. The van der Waals surface area contributed by atoms with E-state index in [1.165, 1.54) is 10.9 Å². The molecule has 0 saturated heterocycles. The number of rotatable bonds is 2. The van der Waals surface area contributed by atoms with E-state index in [9.17, 15) is 4.79 Å². The molecule has 2 heterocycles. The van der Waals surface area contributed by atoms with Crippen LogP contribution in [-0.4, -0.2) is 14.5 Å². The number of hydrogen-bond donors (Lipinski definition) is 0. The monoisotopic (exact) mass is 323 g/mol. The first kappa shape index (κ1) is 14.1. The van der Waals surface area contributed by atoms with Crippen LogP contribution in [0.4, 0.5) is 0 Å². The summed E-state index contributed by atoms with van der Waals surface area (Å²) in [6, 6.07) is 3.11. The van der Waals surface area contributed by atoms with Gasteiger partial charge >= 0.3 is 0 Å². The average Bonchev–Trinajstić information content (AvgIpc) is 2.72. The molecule has 3 rings (SSSR count). The van der Waals surface area contributed by atoms with Crippen LogP contribution in [0.15, 0.2) is 27.7 Å². The first-order valence-corrected chi connectivity index (χ1v) is 6.98. The summed E-state index contributed by atoms with van der Waals surface area (Å²) >= 11 is 12.0. The third-order valence-electron chi connectivity index (χ3n) is 3.22. The fourth-order valence-corrected chi connectivity index (χ4v) is 2.60. The first-order valence-electron chi connectivity index (χ1n) is 6.23. The van der Waals surface area contributed by atoms with Crippen molar-refractivity contribution in [3.05, 3.63) is 56.2 Å². The largest absolute Gasteiger partial charge is 0.444 e. The van der Waals surface area contributed by atoms with Crippen LogP contribution in [0.1, 0.15) is 17.3 Å². The molecular weight excluding hydrogens is 313 g/mol. The Labute approximate surface area is 130 Å². The highest BCUT2D eigenvalue weighted by Gasteiger charge is 2.12. The lowest BCUT2D eigenvalue weighted by Crippen LogP contribution is -2.21. The van der Waals surface area contributed by atoms with E-state index in [4.69, 9.17) is 27.6 Å². The van der Waals surface area contributed by atoms with Crippen molar-refractivity contribution >= 4 is 34.1 Å². The molecule has 0 fully saturated rings. The van der Waals surface area contributed by atoms with Crippen molar-refractivity contribution < 1.29 is 4.42 Å². The highest BCUT2D eigenvalue weighted by atomic mass is 35.5. The Kier molecular flexibility index (Phi) is 3.47. The van der Waals surface area contributed by atoms with Gasteiger partial charge in [0.05, 0.1) is 27.9 Å². The number of benzene rings is 1. The minimum Gasteiger partial charge on any atom is -0.444 e. The molecule has 0 atom stereocenters. The maximum absolute atomic E-state index is 12.5. The molecule has 0 saturated carbocycles. The molecule has 2 aromatic heterocycles. The highest BCUT2D eigenvalue weighted by Crippen LogP contribution is 2.24. The second-order valence-corrected chi connectivity index (χ2v) is 5.55. The molecule has 0 N–H and O–H groups in total. The zero-order chi connectivity index (χ0) is 15.1. The first-order chi connectivity index (χ1) is 9.95. The van der Waals surface area contributed by atoms with Crippen LogP contribution in [0.3, 0.4) is 0 Å². The number of halogens is 2. The van der Waals surface area contributed by atoms with Crippen LogP contribution in [0.5, 0.6) is 0 Å². The van der Waals surface area contributed by atoms with Gasteiger partial charge in [-0.25, -0.2) is 9.97 Å². The van der Waals surface area contributed by atoms with Crippen molar-refractivity contribution in [1.82, 2.24) is 14.5 Å². The fraction of sp³-hybridized carbons (Fsp3) is 0.214. The minimum atomic E-state index is -0.238. The van der Waals surface area contributed by atoms with E-state index >= 15 is 0 Å². The summed E-state index contributed by atoms with van der Waals surface area (Å²) in [5, 5.41) is 1.12. The van der Waals surface area contributed by atoms with Crippen LogP contribution in [0.2, 0.25) is 10.0 Å². The number of aromatic nitrogens is 3. The lowest BCUT2D eigenvalue weighted by atomic mass is 10.2. The van der Waals surface area contributed by atoms with Gasteiger partial charge < -0.3 is 4.42 Å². The van der Waals surface area contributed by atoms with Crippen molar-refractivity contribution in [3.8, 4) is 0 Å². The molecule has 3 aromatic rings. The number of oxazole rings is 1. The SMILES string of the molecule is Cc1nc(Cn2cnc3c(Cl)cc(Cl)cc3c2=O)oc1C. The smallest absolute Gasteiger partial charge is 0.261 e. The molecule has 0 amide bonds.